The molecule has 0 saturated heterocycles. The zero-order valence-corrected chi connectivity index (χ0v) is 10.4. The summed E-state index contributed by atoms with van der Waals surface area (Å²) in [6.45, 7) is 3.89. The monoisotopic (exact) mass is 245 g/mol. The van der Waals surface area contributed by atoms with E-state index in [4.69, 9.17) is 10.3 Å². The van der Waals surface area contributed by atoms with Gasteiger partial charge in [-0.15, -0.1) is 0 Å². The fraction of sp³-hybridized carbons (Fsp3) is 0.231. The maximum Gasteiger partial charge on any atom is 0.161 e. The number of nitrogens with zero attached hydrogens (tertiary/aromatic N) is 1. The molecule has 1 aromatic heterocycles. The first-order chi connectivity index (χ1) is 8.56. The summed E-state index contributed by atoms with van der Waals surface area (Å²) >= 11 is 0. The molecule has 5 nitrogen and oxygen atoms in total. The Hall–Kier alpha value is -2.30. The van der Waals surface area contributed by atoms with Gasteiger partial charge in [0.05, 0.1) is 6.54 Å². The van der Waals surface area contributed by atoms with Gasteiger partial charge in [0.2, 0.25) is 0 Å². The van der Waals surface area contributed by atoms with E-state index >= 15 is 0 Å². The van der Waals surface area contributed by atoms with Gasteiger partial charge in [0, 0.05) is 23.0 Å². The summed E-state index contributed by atoms with van der Waals surface area (Å²) in [4.78, 5) is 11.2. The SMILES string of the molecule is CC(=O)c1ccc(NCc2cc(C)on2)cc1N. The first-order valence-corrected chi connectivity index (χ1v) is 5.63. The maximum atomic E-state index is 11.2. The van der Waals surface area contributed by atoms with Crippen LogP contribution in [-0.4, -0.2) is 10.9 Å². The van der Waals surface area contributed by atoms with E-state index in [9.17, 15) is 4.79 Å². The Labute approximate surface area is 105 Å². The highest BCUT2D eigenvalue weighted by Crippen LogP contribution is 2.19. The minimum atomic E-state index is -0.0359. The van der Waals surface area contributed by atoms with E-state index < -0.39 is 0 Å². The van der Waals surface area contributed by atoms with Crippen LogP contribution >= 0.6 is 0 Å². The predicted molar refractivity (Wildman–Crippen MR) is 69.4 cm³/mol. The molecule has 0 fully saturated rings. The number of hydrogen-bond donors (Lipinski definition) is 2. The highest BCUT2D eigenvalue weighted by atomic mass is 16.5. The number of hydrogen-bond acceptors (Lipinski definition) is 5. The lowest BCUT2D eigenvalue weighted by atomic mass is 10.1. The Morgan fingerprint density at radius 3 is 2.78 bits per heavy atom. The third-order valence-electron chi connectivity index (χ3n) is 2.58. The van der Waals surface area contributed by atoms with Crippen molar-refractivity contribution in [1.29, 1.82) is 0 Å². The maximum absolute atomic E-state index is 11.2. The Bertz CT molecular complexity index is 575. The molecule has 0 saturated carbocycles. The van der Waals surface area contributed by atoms with Gasteiger partial charge in [0.15, 0.2) is 5.78 Å². The average molecular weight is 245 g/mol. The molecule has 2 aromatic rings. The quantitative estimate of drug-likeness (QED) is 0.638. The van der Waals surface area contributed by atoms with Crippen molar-refractivity contribution in [2.75, 3.05) is 11.1 Å². The topological polar surface area (TPSA) is 81.2 Å². The lowest BCUT2D eigenvalue weighted by Crippen LogP contribution is -2.03. The van der Waals surface area contributed by atoms with Gasteiger partial charge in [-0.2, -0.15) is 0 Å². The Balaban J connectivity index is 2.06. The second-order valence-corrected chi connectivity index (χ2v) is 4.14. The summed E-state index contributed by atoms with van der Waals surface area (Å²) in [5, 5.41) is 7.04. The molecule has 0 aliphatic heterocycles. The van der Waals surface area contributed by atoms with Crippen LogP contribution in [0.15, 0.2) is 28.8 Å². The van der Waals surface area contributed by atoms with Crippen molar-refractivity contribution in [3.05, 3.63) is 41.3 Å². The third kappa shape index (κ3) is 2.68. The number of aromatic nitrogens is 1. The summed E-state index contributed by atoms with van der Waals surface area (Å²) in [6.07, 6.45) is 0. The molecule has 2 rings (SSSR count). The van der Waals surface area contributed by atoms with Crippen LogP contribution in [0.5, 0.6) is 0 Å². The predicted octanol–water partition coefficient (Wildman–Crippen LogP) is 2.38. The van der Waals surface area contributed by atoms with Gasteiger partial charge in [-0.25, -0.2) is 0 Å². The smallest absolute Gasteiger partial charge is 0.161 e. The number of nitrogen functional groups attached to an aromatic ring is 1. The lowest BCUT2D eigenvalue weighted by molar-refractivity contribution is 0.101. The second-order valence-electron chi connectivity index (χ2n) is 4.14. The molecule has 0 amide bonds. The van der Waals surface area contributed by atoms with Crippen LogP contribution in [-0.2, 0) is 6.54 Å². The Kier molecular flexibility index (Phi) is 3.32. The molecular weight excluding hydrogens is 230 g/mol. The molecule has 1 aromatic carbocycles. The van der Waals surface area contributed by atoms with Crippen molar-refractivity contribution < 1.29 is 9.32 Å². The van der Waals surface area contributed by atoms with E-state index in [-0.39, 0.29) is 5.78 Å². The molecule has 18 heavy (non-hydrogen) atoms. The van der Waals surface area contributed by atoms with Crippen LogP contribution in [0.2, 0.25) is 0 Å². The molecule has 0 bridgehead atoms. The van der Waals surface area contributed by atoms with Crippen molar-refractivity contribution >= 4 is 17.2 Å². The zero-order chi connectivity index (χ0) is 13.1. The van der Waals surface area contributed by atoms with Gasteiger partial charge in [-0.05, 0) is 32.0 Å². The fourth-order valence-electron chi connectivity index (χ4n) is 1.69. The van der Waals surface area contributed by atoms with Crippen LogP contribution in [0.25, 0.3) is 0 Å². The van der Waals surface area contributed by atoms with Crippen molar-refractivity contribution in [1.82, 2.24) is 5.16 Å². The number of nitrogens with one attached hydrogen (secondary N) is 1. The van der Waals surface area contributed by atoms with Gasteiger partial charge in [-0.3, -0.25) is 4.79 Å². The van der Waals surface area contributed by atoms with E-state index in [1.54, 1.807) is 12.1 Å². The largest absolute Gasteiger partial charge is 0.398 e. The van der Waals surface area contributed by atoms with Crippen LogP contribution in [0.4, 0.5) is 11.4 Å². The summed E-state index contributed by atoms with van der Waals surface area (Å²) < 4.78 is 4.97. The van der Waals surface area contributed by atoms with E-state index in [0.29, 0.717) is 17.8 Å². The van der Waals surface area contributed by atoms with Crippen LogP contribution in [0.3, 0.4) is 0 Å². The third-order valence-corrected chi connectivity index (χ3v) is 2.58. The van der Waals surface area contributed by atoms with Gasteiger partial charge in [0.1, 0.15) is 11.5 Å². The second kappa shape index (κ2) is 4.91. The first kappa shape index (κ1) is 12.2. The van der Waals surface area contributed by atoms with E-state index in [1.165, 1.54) is 6.92 Å². The number of benzene rings is 1. The number of ketones is 1. The Morgan fingerprint density at radius 2 is 2.22 bits per heavy atom. The van der Waals surface area contributed by atoms with E-state index in [1.807, 2.05) is 19.1 Å². The summed E-state index contributed by atoms with van der Waals surface area (Å²) in [5.41, 5.74) is 8.48. The number of aryl methyl sites for hydroxylation is 1. The molecule has 0 aliphatic carbocycles. The van der Waals surface area contributed by atoms with E-state index in [2.05, 4.69) is 10.5 Å². The number of Topliss-reactive ketones (excluding diaryl/α,β-unsaturated/α-hetero) is 1. The molecule has 0 spiro atoms. The lowest BCUT2D eigenvalue weighted by Gasteiger charge is -2.07. The molecular formula is C13H15N3O2. The van der Waals surface area contributed by atoms with Gasteiger partial charge < -0.3 is 15.6 Å². The van der Waals surface area contributed by atoms with Crippen molar-refractivity contribution in [2.45, 2.75) is 20.4 Å². The van der Waals surface area contributed by atoms with Crippen molar-refractivity contribution in [3.63, 3.8) is 0 Å². The summed E-state index contributed by atoms with van der Waals surface area (Å²) in [6, 6.07) is 7.14. The van der Waals surface area contributed by atoms with Crippen LogP contribution in [0.1, 0.15) is 28.7 Å². The minimum absolute atomic E-state index is 0.0359. The number of anilines is 2. The standard InChI is InChI=1S/C13H15N3O2/c1-8-5-11(16-18-8)7-15-10-3-4-12(9(2)17)13(14)6-10/h3-6,15H,7,14H2,1-2H3. The number of carbonyl (C=O) groups excluding carboxylic acids is 1. The number of nitrogens with two attached hydrogens (primary N) is 1. The van der Waals surface area contributed by atoms with Crippen LogP contribution < -0.4 is 11.1 Å². The van der Waals surface area contributed by atoms with Gasteiger partial charge in [-0.1, -0.05) is 5.16 Å². The first-order valence-electron chi connectivity index (χ1n) is 5.63. The highest BCUT2D eigenvalue weighted by molar-refractivity contribution is 5.99. The van der Waals surface area contributed by atoms with Crippen molar-refractivity contribution in [3.8, 4) is 0 Å². The Morgan fingerprint density at radius 1 is 1.44 bits per heavy atom. The van der Waals surface area contributed by atoms with Gasteiger partial charge in [0.25, 0.3) is 0 Å². The number of carbonyl (C=O) groups is 1. The molecule has 0 aliphatic rings. The zero-order valence-electron chi connectivity index (χ0n) is 10.4. The molecule has 5 heteroatoms. The fourth-order valence-corrected chi connectivity index (χ4v) is 1.69. The normalized spacial score (nSPS) is 10.3. The van der Waals surface area contributed by atoms with Gasteiger partial charge >= 0.3 is 0 Å². The van der Waals surface area contributed by atoms with Crippen molar-refractivity contribution in [2.24, 2.45) is 0 Å². The molecule has 1 heterocycles. The molecule has 3 N–H and O–H groups in total. The number of rotatable bonds is 4. The summed E-state index contributed by atoms with van der Waals surface area (Å²) in [7, 11) is 0. The van der Waals surface area contributed by atoms with E-state index in [0.717, 1.165) is 17.1 Å². The molecule has 94 valence electrons. The molecule has 0 radical (unpaired) electrons. The highest BCUT2D eigenvalue weighted by Gasteiger charge is 2.05. The molecule has 0 atom stereocenters. The molecule has 0 unspecified atom stereocenters. The average Bonchev–Trinajstić information content (AvgIpc) is 2.72. The summed E-state index contributed by atoms with van der Waals surface area (Å²) in [5.74, 6) is 0.740. The minimum Gasteiger partial charge on any atom is -0.398 e. The van der Waals surface area contributed by atoms with Crippen LogP contribution in [0, 0.1) is 6.92 Å².